The van der Waals surface area contributed by atoms with Crippen molar-refractivity contribution in [2.24, 2.45) is 0 Å². The van der Waals surface area contributed by atoms with Gasteiger partial charge in [-0.25, -0.2) is 4.39 Å². The first kappa shape index (κ1) is 14.4. The van der Waals surface area contributed by atoms with E-state index in [9.17, 15) is 4.39 Å². The second-order valence-electron chi connectivity index (χ2n) is 6.29. The third kappa shape index (κ3) is 2.32. The van der Waals surface area contributed by atoms with Crippen LogP contribution in [0, 0.1) is 0 Å². The van der Waals surface area contributed by atoms with E-state index in [0.29, 0.717) is 5.75 Å². The Hall–Kier alpha value is -1.53. The van der Waals surface area contributed by atoms with E-state index >= 15 is 0 Å². The van der Waals surface area contributed by atoms with Crippen LogP contribution in [0.5, 0.6) is 5.75 Å². The minimum absolute atomic E-state index is 0.396. The molecule has 21 heavy (non-hydrogen) atoms. The van der Waals surface area contributed by atoms with Gasteiger partial charge in [0.2, 0.25) is 6.86 Å². The van der Waals surface area contributed by atoms with E-state index < -0.39 is 25.2 Å². The lowest BCUT2D eigenvalue weighted by Gasteiger charge is -2.32. The van der Waals surface area contributed by atoms with Crippen molar-refractivity contribution in [3.05, 3.63) is 24.3 Å². The molecule has 0 radical (unpaired) electrons. The number of fused-ring (bicyclic) bond motifs is 1. The summed E-state index contributed by atoms with van der Waals surface area (Å²) in [6.07, 6.45) is 0. The fraction of sp³-hybridized carbons (Fsp3) is 0.467. The molecule has 0 spiro atoms. The number of para-hydroxylation sites is 1. The van der Waals surface area contributed by atoms with Crippen molar-refractivity contribution in [2.45, 2.75) is 38.9 Å². The molecule has 1 aromatic heterocycles. The lowest BCUT2D eigenvalue weighted by molar-refractivity contribution is 0.00578. The highest BCUT2D eigenvalue weighted by molar-refractivity contribution is 6.61. The SMILES string of the molecule is CC1(C)OB(c2cc3cccc(OCF)c3[nH]2)OC1(C)C. The molecule has 1 N–H and O–H groups in total. The summed E-state index contributed by atoms with van der Waals surface area (Å²) < 4.78 is 29.5. The van der Waals surface area contributed by atoms with E-state index in [1.165, 1.54) is 0 Å². The Labute approximate surface area is 123 Å². The molecule has 1 aliphatic rings. The third-order valence-electron chi connectivity index (χ3n) is 4.36. The highest BCUT2D eigenvalue weighted by Crippen LogP contribution is 2.36. The summed E-state index contributed by atoms with van der Waals surface area (Å²) in [5, 5.41) is 0.936. The summed E-state index contributed by atoms with van der Waals surface area (Å²) >= 11 is 0. The minimum atomic E-state index is -0.857. The van der Waals surface area contributed by atoms with Gasteiger partial charge in [0.05, 0.1) is 16.7 Å². The Kier molecular flexibility index (Phi) is 3.26. The van der Waals surface area contributed by atoms with Crippen molar-refractivity contribution in [2.75, 3.05) is 6.86 Å². The van der Waals surface area contributed by atoms with Crippen molar-refractivity contribution >= 4 is 23.6 Å². The van der Waals surface area contributed by atoms with Crippen LogP contribution in [0.4, 0.5) is 4.39 Å². The Balaban J connectivity index is 1.98. The van der Waals surface area contributed by atoms with Gasteiger partial charge in [0.15, 0.2) is 0 Å². The van der Waals surface area contributed by atoms with Gasteiger partial charge in [0.25, 0.3) is 0 Å². The second-order valence-corrected chi connectivity index (χ2v) is 6.29. The molecule has 1 aliphatic heterocycles. The van der Waals surface area contributed by atoms with E-state index in [1.54, 1.807) is 6.07 Å². The van der Waals surface area contributed by atoms with Crippen LogP contribution in [0.25, 0.3) is 10.9 Å². The smallest absolute Gasteiger partial charge is 0.461 e. The molecule has 1 fully saturated rings. The number of aromatic amines is 1. The Bertz CT molecular complexity index is 652. The predicted molar refractivity (Wildman–Crippen MR) is 80.6 cm³/mol. The number of alkyl halides is 1. The summed E-state index contributed by atoms with van der Waals surface area (Å²) in [5.41, 5.74) is 0.763. The molecule has 3 rings (SSSR count). The second kappa shape index (κ2) is 4.75. The number of benzene rings is 1. The molecule has 4 nitrogen and oxygen atoms in total. The van der Waals surface area contributed by atoms with Crippen LogP contribution in [-0.2, 0) is 9.31 Å². The Morgan fingerprint density at radius 3 is 2.48 bits per heavy atom. The molecular weight excluding hydrogens is 272 g/mol. The van der Waals surface area contributed by atoms with Crippen LogP contribution in [0.3, 0.4) is 0 Å². The normalized spacial score (nSPS) is 20.1. The molecule has 6 heteroatoms. The summed E-state index contributed by atoms with van der Waals surface area (Å²) in [5.74, 6) is 0.484. The van der Waals surface area contributed by atoms with Gasteiger partial charge in [0.1, 0.15) is 5.75 Å². The van der Waals surface area contributed by atoms with Crippen LogP contribution in [0.15, 0.2) is 24.3 Å². The van der Waals surface area contributed by atoms with Crippen LogP contribution in [0.1, 0.15) is 27.7 Å². The van der Waals surface area contributed by atoms with Gasteiger partial charge in [-0.15, -0.1) is 0 Å². The maximum Gasteiger partial charge on any atom is 0.512 e. The van der Waals surface area contributed by atoms with E-state index in [-0.39, 0.29) is 0 Å². The highest BCUT2D eigenvalue weighted by Gasteiger charge is 2.52. The quantitative estimate of drug-likeness (QED) is 0.884. The lowest BCUT2D eigenvalue weighted by Crippen LogP contribution is -2.41. The molecule has 1 saturated heterocycles. The predicted octanol–water partition coefficient (Wildman–Crippen LogP) is 2.77. The van der Waals surface area contributed by atoms with E-state index in [2.05, 4.69) is 4.98 Å². The molecule has 0 atom stereocenters. The summed E-state index contributed by atoms with van der Waals surface area (Å²) in [4.78, 5) is 3.22. The summed E-state index contributed by atoms with van der Waals surface area (Å²) in [6.45, 7) is 7.17. The van der Waals surface area contributed by atoms with E-state index in [1.807, 2.05) is 45.9 Å². The highest BCUT2D eigenvalue weighted by atomic mass is 19.1. The first-order chi connectivity index (χ1) is 9.84. The van der Waals surface area contributed by atoms with Crippen molar-refractivity contribution in [3.63, 3.8) is 0 Å². The van der Waals surface area contributed by atoms with Gasteiger partial charge in [-0.3, -0.25) is 0 Å². The third-order valence-corrected chi connectivity index (χ3v) is 4.36. The molecule has 0 saturated carbocycles. The topological polar surface area (TPSA) is 43.5 Å². The minimum Gasteiger partial charge on any atom is -0.461 e. The van der Waals surface area contributed by atoms with Crippen LogP contribution in [-0.4, -0.2) is 30.2 Å². The molecule has 2 aromatic rings. The molecule has 0 amide bonds. The number of hydrogen-bond donors (Lipinski definition) is 1. The number of rotatable bonds is 3. The summed E-state index contributed by atoms with van der Waals surface area (Å²) in [7, 11) is -0.472. The fourth-order valence-electron chi connectivity index (χ4n) is 2.43. The van der Waals surface area contributed by atoms with Gasteiger partial charge in [-0.2, -0.15) is 0 Å². The van der Waals surface area contributed by atoms with Crippen molar-refractivity contribution in [1.29, 1.82) is 0 Å². The molecule has 0 unspecified atom stereocenters. The molecular formula is C15H19BFNO3. The molecule has 0 bridgehead atoms. The maximum atomic E-state index is 12.4. The van der Waals surface area contributed by atoms with Crippen LogP contribution < -0.4 is 10.3 Å². The Morgan fingerprint density at radius 1 is 1.19 bits per heavy atom. The maximum absolute atomic E-state index is 12.4. The number of H-pyrrole nitrogens is 1. The standard InChI is InChI=1S/C15H19BFNO3/c1-14(2)15(3,4)21-16(20-14)12-8-10-6-5-7-11(19-9-17)13(10)18-12/h5-8,18H,9H2,1-4H3. The van der Waals surface area contributed by atoms with Crippen molar-refractivity contribution in [1.82, 2.24) is 4.98 Å². The van der Waals surface area contributed by atoms with Gasteiger partial charge < -0.3 is 19.0 Å². The molecule has 0 aliphatic carbocycles. The van der Waals surface area contributed by atoms with E-state index in [4.69, 9.17) is 14.0 Å². The number of hydrogen-bond acceptors (Lipinski definition) is 3. The van der Waals surface area contributed by atoms with Crippen LogP contribution >= 0.6 is 0 Å². The average Bonchev–Trinajstić information content (AvgIpc) is 2.90. The molecule has 2 heterocycles. The first-order valence-corrected chi connectivity index (χ1v) is 7.00. The molecule has 1 aromatic carbocycles. The zero-order valence-electron chi connectivity index (χ0n) is 12.7. The lowest BCUT2D eigenvalue weighted by atomic mass is 9.85. The van der Waals surface area contributed by atoms with E-state index in [0.717, 1.165) is 16.5 Å². The summed E-state index contributed by atoms with van der Waals surface area (Å²) in [6, 6.07) is 7.44. The monoisotopic (exact) mass is 291 g/mol. The van der Waals surface area contributed by atoms with Gasteiger partial charge in [0, 0.05) is 11.0 Å². The average molecular weight is 291 g/mol. The zero-order chi connectivity index (χ0) is 15.3. The number of ether oxygens (including phenoxy) is 1. The van der Waals surface area contributed by atoms with Gasteiger partial charge >= 0.3 is 7.12 Å². The van der Waals surface area contributed by atoms with Crippen molar-refractivity contribution in [3.8, 4) is 5.75 Å². The number of nitrogens with one attached hydrogen (secondary N) is 1. The largest absolute Gasteiger partial charge is 0.512 e. The number of aromatic nitrogens is 1. The van der Waals surface area contributed by atoms with Gasteiger partial charge in [-0.05, 0) is 39.8 Å². The van der Waals surface area contributed by atoms with Crippen molar-refractivity contribution < 1.29 is 18.4 Å². The Morgan fingerprint density at radius 2 is 1.86 bits per heavy atom. The fourth-order valence-corrected chi connectivity index (χ4v) is 2.43. The zero-order valence-corrected chi connectivity index (χ0v) is 12.7. The van der Waals surface area contributed by atoms with Crippen LogP contribution in [0.2, 0.25) is 0 Å². The number of halogens is 1. The molecule has 112 valence electrons. The first-order valence-electron chi connectivity index (χ1n) is 7.00. The van der Waals surface area contributed by atoms with Gasteiger partial charge in [-0.1, -0.05) is 12.1 Å².